The summed E-state index contributed by atoms with van der Waals surface area (Å²) in [6.07, 6.45) is -1.05. The number of nitrogens with zero attached hydrogens (tertiary/aromatic N) is 2. The number of amides is 1. The molecule has 10 heavy (non-hydrogen) atoms. The van der Waals surface area contributed by atoms with Crippen LogP contribution in [0.25, 0.3) is 0 Å². The molecule has 0 radical (unpaired) electrons. The summed E-state index contributed by atoms with van der Waals surface area (Å²) in [5.74, 6) is 0.0625. The quantitative estimate of drug-likeness (QED) is 0.495. The van der Waals surface area contributed by atoms with Gasteiger partial charge >= 0.3 is 6.09 Å². The minimum Gasteiger partial charge on any atom is -0.465 e. The Hall–Kier alpha value is -1.26. The third-order valence-electron chi connectivity index (χ3n) is 1.51. The molecule has 0 aromatic rings. The average molecular weight is 143 g/mol. The first-order valence-electron chi connectivity index (χ1n) is 2.93. The lowest BCUT2D eigenvalue weighted by atomic mass is 10.6. The smallest absolute Gasteiger partial charge is 0.414 e. The molecule has 1 amide bonds. The molecule has 1 saturated heterocycles. The summed E-state index contributed by atoms with van der Waals surface area (Å²) in [5, 5.41) is 15.7. The fourth-order valence-corrected chi connectivity index (χ4v) is 0.854. The highest BCUT2D eigenvalue weighted by atomic mass is 16.4. The lowest BCUT2D eigenvalue weighted by Crippen LogP contribution is -2.34. The summed E-state index contributed by atoms with van der Waals surface area (Å²) in [4.78, 5) is 12.9. The molecule has 2 N–H and O–H groups in total. The standard InChI is InChI=1S/C5H9N3O2/c1-7-2-3-8(4(7)6)5(9)10/h6H,2-3H2,1H3,(H,9,10). The van der Waals surface area contributed by atoms with Crippen molar-refractivity contribution in [2.24, 2.45) is 0 Å². The Balaban J connectivity index is 2.66. The highest BCUT2D eigenvalue weighted by Crippen LogP contribution is 2.03. The van der Waals surface area contributed by atoms with Gasteiger partial charge in [0.2, 0.25) is 5.96 Å². The zero-order chi connectivity index (χ0) is 7.72. The molecule has 1 aliphatic rings. The number of guanidine groups is 1. The summed E-state index contributed by atoms with van der Waals surface area (Å²) in [5.41, 5.74) is 0. The van der Waals surface area contributed by atoms with Gasteiger partial charge in [0.1, 0.15) is 0 Å². The van der Waals surface area contributed by atoms with Crippen LogP contribution in [0, 0.1) is 5.41 Å². The van der Waals surface area contributed by atoms with Crippen LogP contribution >= 0.6 is 0 Å². The summed E-state index contributed by atoms with van der Waals surface area (Å²) < 4.78 is 0. The van der Waals surface area contributed by atoms with Crippen molar-refractivity contribution >= 4 is 12.1 Å². The zero-order valence-electron chi connectivity index (χ0n) is 5.66. The maximum absolute atomic E-state index is 10.3. The number of carboxylic acid groups (broad SMARTS) is 1. The molecule has 0 aliphatic carbocycles. The van der Waals surface area contributed by atoms with E-state index in [1.807, 2.05) is 0 Å². The Labute approximate surface area is 58.4 Å². The number of carbonyl (C=O) groups is 1. The monoisotopic (exact) mass is 143 g/mol. The molecular formula is C5H9N3O2. The van der Waals surface area contributed by atoms with Gasteiger partial charge in [-0.25, -0.2) is 9.69 Å². The molecule has 0 atom stereocenters. The normalized spacial score (nSPS) is 18.3. The van der Waals surface area contributed by atoms with Crippen LogP contribution in [0.5, 0.6) is 0 Å². The average Bonchev–Trinajstić information content (AvgIpc) is 2.14. The molecule has 5 nitrogen and oxygen atoms in total. The van der Waals surface area contributed by atoms with Gasteiger partial charge in [0.15, 0.2) is 0 Å². The van der Waals surface area contributed by atoms with E-state index in [0.717, 1.165) is 4.90 Å². The minimum atomic E-state index is -1.05. The molecule has 1 fully saturated rings. The zero-order valence-corrected chi connectivity index (χ0v) is 5.66. The Kier molecular flexibility index (Phi) is 1.48. The van der Waals surface area contributed by atoms with Gasteiger partial charge in [-0.1, -0.05) is 0 Å². The molecule has 0 saturated carbocycles. The SMILES string of the molecule is CN1CCN(C(=O)O)C1=N. The molecule has 1 rings (SSSR count). The molecule has 1 heterocycles. The lowest BCUT2D eigenvalue weighted by molar-refractivity contribution is 0.172. The van der Waals surface area contributed by atoms with E-state index in [2.05, 4.69) is 0 Å². The Morgan fingerprint density at radius 1 is 1.70 bits per heavy atom. The first-order chi connectivity index (χ1) is 4.63. The van der Waals surface area contributed by atoms with Crippen molar-refractivity contribution in [2.75, 3.05) is 20.1 Å². The maximum atomic E-state index is 10.3. The topological polar surface area (TPSA) is 67.6 Å². The van der Waals surface area contributed by atoms with E-state index >= 15 is 0 Å². The van der Waals surface area contributed by atoms with Crippen molar-refractivity contribution < 1.29 is 9.90 Å². The van der Waals surface area contributed by atoms with Gasteiger partial charge in [-0.2, -0.15) is 0 Å². The van der Waals surface area contributed by atoms with Gasteiger partial charge in [0.25, 0.3) is 0 Å². The van der Waals surface area contributed by atoms with E-state index < -0.39 is 6.09 Å². The predicted molar refractivity (Wildman–Crippen MR) is 35.1 cm³/mol. The van der Waals surface area contributed by atoms with Crippen LogP contribution in [0.4, 0.5) is 4.79 Å². The van der Waals surface area contributed by atoms with E-state index in [0.29, 0.717) is 13.1 Å². The van der Waals surface area contributed by atoms with Crippen molar-refractivity contribution in [3.8, 4) is 0 Å². The van der Waals surface area contributed by atoms with Crippen LogP contribution in [0.15, 0.2) is 0 Å². The molecule has 0 unspecified atom stereocenters. The molecule has 0 aromatic heterocycles. The lowest BCUT2D eigenvalue weighted by Gasteiger charge is -2.12. The van der Waals surface area contributed by atoms with E-state index in [9.17, 15) is 4.79 Å². The maximum Gasteiger partial charge on any atom is 0.414 e. The second-order valence-corrected chi connectivity index (χ2v) is 2.18. The first-order valence-corrected chi connectivity index (χ1v) is 2.93. The van der Waals surface area contributed by atoms with Gasteiger partial charge in [-0.3, -0.25) is 5.41 Å². The molecular weight excluding hydrogens is 134 g/mol. The fraction of sp³-hybridized carbons (Fsp3) is 0.600. The summed E-state index contributed by atoms with van der Waals surface area (Å²) >= 11 is 0. The van der Waals surface area contributed by atoms with Crippen molar-refractivity contribution in [1.29, 1.82) is 5.41 Å². The Morgan fingerprint density at radius 3 is 2.50 bits per heavy atom. The summed E-state index contributed by atoms with van der Waals surface area (Å²) in [6, 6.07) is 0. The van der Waals surface area contributed by atoms with E-state index in [1.54, 1.807) is 11.9 Å². The van der Waals surface area contributed by atoms with Gasteiger partial charge in [-0.15, -0.1) is 0 Å². The predicted octanol–water partition coefficient (Wildman–Crippen LogP) is -0.153. The van der Waals surface area contributed by atoms with Crippen LogP contribution in [-0.4, -0.2) is 47.1 Å². The molecule has 0 bridgehead atoms. The third-order valence-corrected chi connectivity index (χ3v) is 1.51. The molecule has 0 spiro atoms. The highest BCUT2D eigenvalue weighted by Gasteiger charge is 2.26. The second kappa shape index (κ2) is 2.17. The van der Waals surface area contributed by atoms with Gasteiger partial charge in [0.05, 0.1) is 0 Å². The summed E-state index contributed by atoms with van der Waals surface area (Å²) in [6.45, 7) is 1.02. The van der Waals surface area contributed by atoms with Crippen LogP contribution < -0.4 is 0 Å². The van der Waals surface area contributed by atoms with E-state index in [1.165, 1.54) is 0 Å². The van der Waals surface area contributed by atoms with Crippen LogP contribution in [0.3, 0.4) is 0 Å². The van der Waals surface area contributed by atoms with Gasteiger partial charge < -0.3 is 10.0 Å². The second-order valence-electron chi connectivity index (χ2n) is 2.18. The largest absolute Gasteiger partial charge is 0.465 e. The first kappa shape index (κ1) is 6.85. The van der Waals surface area contributed by atoms with Crippen LogP contribution in [0.1, 0.15) is 0 Å². The van der Waals surface area contributed by atoms with Gasteiger partial charge in [-0.05, 0) is 0 Å². The Bertz CT molecular complexity index is 180. The highest BCUT2D eigenvalue weighted by molar-refractivity contribution is 5.92. The summed E-state index contributed by atoms with van der Waals surface area (Å²) in [7, 11) is 1.70. The Morgan fingerprint density at radius 2 is 2.30 bits per heavy atom. The van der Waals surface area contributed by atoms with E-state index in [-0.39, 0.29) is 5.96 Å². The number of rotatable bonds is 0. The van der Waals surface area contributed by atoms with E-state index in [4.69, 9.17) is 10.5 Å². The van der Waals surface area contributed by atoms with Crippen LogP contribution in [0.2, 0.25) is 0 Å². The van der Waals surface area contributed by atoms with Crippen LogP contribution in [-0.2, 0) is 0 Å². The third kappa shape index (κ3) is 0.896. The molecule has 1 aliphatic heterocycles. The number of hydrogen-bond acceptors (Lipinski definition) is 2. The molecule has 56 valence electrons. The van der Waals surface area contributed by atoms with Crippen molar-refractivity contribution in [3.63, 3.8) is 0 Å². The number of nitrogens with one attached hydrogen (secondary N) is 1. The number of hydrogen-bond donors (Lipinski definition) is 2. The van der Waals surface area contributed by atoms with Crippen molar-refractivity contribution in [2.45, 2.75) is 0 Å². The van der Waals surface area contributed by atoms with Crippen molar-refractivity contribution in [1.82, 2.24) is 9.80 Å². The molecule has 0 aromatic carbocycles. The number of likely N-dealkylation sites (N-methyl/N-ethyl adjacent to an activating group) is 1. The fourth-order valence-electron chi connectivity index (χ4n) is 0.854. The minimum absolute atomic E-state index is 0.0625. The van der Waals surface area contributed by atoms with Gasteiger partial charge in [0, 0.05) is 20.1 Å². The van der Waals surface area contributed by atoms with Crippen molar-refractivity contribution in [3.05, 3.63) is 0 Å². The molecule has 5 heteroatoms.